The van der Waals surface area contributed by atoms with Gasteiger partial charge in [-0.3, -0.25) is 14.5 Å². The van der Waals surface area contributed by atoms with E-state index in [1.807, 2.05) is 18.2 Å². The molecule has 0 saturated heterocycles. The highest BCUT2D eigenvalue weighted by atomic mass is 35.5. The number of halogens is 1. The standard InChI is InChI=1S/C18H15ClN6O2S/c1-11(17(27)24-10-16(26)20-14-4-2-3-5-15(14)24)28-18-21-22-23-25(18)13-8-6-12(19)7-9-13/h2-9,11H,10H2,1H3,(H,20,26)/t11-/m0/s1. The van der Waals surface area contributed by atoms with Gasteiger partial charge in [-0.15, -0.1) is 5.10 Å². The molecule has 1 atom stereocenters. The van der Waals surface area contributed by atoms with Crippen LogP contribution in [0.25, 0.3) is 5.69 Å². The second kappa shape index (κ2) is 7.61. The smallest absolute Gasteiger partial charge is 0.244 e. The number of carbonyl (C=O) groups excluding carboxylic acids is 2. The van der Waals surface area contributed by atoms with E-state index in [0.717, 1.165) is 5.69 Å². The number of thioether (sulfide) groups is 1. The second-order valence-corrected chi connectivity index (χ2v) is 7.84. The third-order valence-corrected chi connectivity index (χ3v) is 5.45. The molecule has 0 unspecified atom stereocenters. The van der Waals surface area contributed by atoms with Crippen LogP contribution in [0.3, 0.4) is 0 Å². The first-order valence-corrected chi connectivity index (χ1v) is 9.70. The van der Waals surface area contributed by atoms with Crippen molar-refractivity contribution in [2.45, 2.75) is 17.3 Å². The van der Waals surface area contributed by atoms with Crippen LogP contribution < -0.4 is 10.2 Å². The number of nitrogens with one attached hydrogen (secondary N) is 1. The highest BCUT2D eigenvalue weighted by Crippen LogP contribution is 2.32. The maximum Gasteiger partial charge on any atom is 0.244 e. The summed E-state index contributed by atoms with van der Waals surface area (Å²) in [6.07, 6.45) is 0. The summed E-state index contributed by atoms with van der Waals surface area (Å²) < 4.78 is 1.54. The molecule has 1 aliphatic heterocycles. The molecule has 3 aromatic rings. The summed E-state index contributed by atoms with van der Waals surface area (Å²) >= 11 is 7.15. The van der Waals surface area contributed by atoms with Gasteiger partial charge < -0.3 is 5.32 Å². The van der Waals surface area contributed by atoms with Crippen molar-refractivity contribution < 1.29 is 9.59 Å². The minimum Gasteiger partial charge on any atom is -0.323 e. The van der Waals surface area contributed by atoms with E-state index in [-0.39, 0.29) is 18.4 Å². The number of benzene rings is 2. The van der Waals surface area contributed by atoms with E-state index in [0.29, 0.717) is 21.6 Å². The lowest BCUT2D eigenvalue weighted by Gasteiger charge is -2.30. The second-order valence-electron chi connectivity index (χ2n) is 6.10. The summed E-state index contributed by atoms with van der Waals surface area (Å²) in [5.41, 5.74) is 2.03. The Morgan fingerprint density at radius 2 is 1.96 bits per heavy atom. The van der Waals surface area contributed by atoms with Gasteiger partial charge in [0, 0.05) is 5.02 Å². The molecule has 28 heavy (non-hydrogen) atoms. The van der Waals surface area contributed by atoms with Gasteiger partial charge in [0.25, 0.3) is 0 Å². The molecule has 0 radical (unpaired) electrons. The number of hydrogen-bond donors (Lipinski definition) is 1. The van der Waals surface area contributed by atoms with Crippen molar-refractivity contribution in [3.05, 3.63) is 53.6 Å². The van der Waals surface area contributed by atoms with Crippen molar-refractivity contribution in [1.82, 2.24) is 20.2 Å². The van der Waals surface area contributed by atoms with Crippen LogP contribution in [0.2, 0.25) is 5.02 Å². The van der Waals surface area contributed by atoms with Crippen LogP contribution in [0.1, 0.15) is 6.92 Å². The number of fused-ring (bicyclic) bond motifs is 1. The normalized spacial score (nSPS) is 14.4. The lowest BCUT2D eigenvalue weighted by Crippen LogP contribution is -2.45. The SMILES string of the molecule is C[C@H](Sc1nnnn1-c1ccc(Cl)cc1)C(=O)N1CC(=O)Nc2ccccc21. The lowest BCUT2D eigenvalue weighted by molar-refractivity contribution is -0.121. The van der Waals surface area contributed by atoms with Crippen molar-refractivity contribution in [1.29, 1.82) is 0 Å². The first-order valence-electron chi connectivity index (χ1n) is 8.44. The summed E-state index contributed by atoms with van der Waals surface area (Å²) in [6, 6.07) is 14.3. The van der Waals surface area contributed by atoms with Crippen LogP contribution in [0.5, 0.6) is 0 Å². The Morgan fingerprint density at radius 3 is 2.75 bits per heavy atom. The fraction of sp³-hybridized carbons (Fsp3) is 0.167. The number of hydrogen-bond acceptors (Lipinski definition) is 6. The van der Waals surface area contributed by atoms with E-state index in [9.17, 15) is 9.59 Å². The monoisotopic (exact) mass is 414 g/mol. The third-order valence-electron chi connectivity index (χ3n) is 4.18. The van der Waals surface area contributed by atoms with Crippen LogP contribution in [-0.2, 0) is 9.59 Å². The Balaban J connectivity index is 1.56. The number of nitrogens with zero attached hydrogens (tertiary/aromatic N) is 5. The maximum atomic E-state index is 13.1. The van der Waals surface area contributed by atoms with Gasteiger partial charge >= 0.3 is 0 Å². The van der Waals surface area contributed by atoms with Gasteiger partial charge in [0.05, 0.1) is 22.3 Å². The topological polar surface area (TPSA) is 93.0 Å². The number of anilines is 2. The maximum absolute atomic E-state index is 13.1. The van der Waals surface area contributed by atoms with Crippen molar-refractivity contribution in [3.63, 3.8) is 0 Å². The van der Waals surface area contributed by atoms with Gasteiger partial charge in [-0.05, 0) is 53.7 Å². The van der Waals surface area contributed by atoms with E-state index in [2.05, 4.69) is 20.8 Å². The van der Waals surface area contributed by atoms with Crippen LogP contribution in [0, 0.1) is 0 Å². The molecule has 142 valence electrons. The quantitative estimate of drug-likeness (QED) is 0.660. The summed E-state index contributed by atoms with van der Waals surface area (Å²) in [7, 11) is 0. The molecule has 10 heteroatoms. The van der Waals surface area contributed by atoms with Crippen molar-refractivity contribution in [2.75, 3.05) is 16.8 Å². The van der Waals surface area contributed by atoms with E-state index in [1.54, 1.807) is 41.9 Å². The predicted octanol–water partition coefficient (Wildman–Crippen LogP) is 2.78. The van der Waals surface area contributed by atoms with Crippen molar-refractivity contribution in [2.24, 2.45) is 0 Å². The van der Waals surface area contributed by atoms with E-state index < -0.39 is 5.25 Å². The molecule has 0 bridgehead atoms. The van der Waals surface area contributed by atoms with Gasteiger partial charge in [-0.2, -0.15) is 4.68 Å². The summed E-state index contributed by atoms with van der Waals surface area (Å²) in [4.78, 5) is 26.5. The predicted molar refractivity (Wildman–Crippen MR) is 107 cm³/mol. The number of carbonyl (C=O) groups is 2. The highest BCUT2D eigenvalue weighted by molar-refractivity contribution is 8.00. The number of amides is 2. The molecule has 2 amide bonds. The molecule has 8 nitrogen and oxygen atoms in total. The summed E-state index contributed by atoms with van der Waals surface area (Å²) in [6.45, 7) is 1.74. The minimum absolute atomic E-state index is 0.0249. The molecule has 0 aliphatic carbocycles. The molecule has 1 aliphatic rings. The molecule has 0 fully saturated rings. The van der Waals surface area contributed by atoms with Gasteiger partial charge in [-0.25, -0.2) is 0 Å². The highest BCUT2D eigenvalue weighted by Gasteiger charge is 2.31. The average molecular weight is 415 g/mol. The first kappa shape index (κ1) is 18.5. The molecule has 1 N–H and O–H groups in total. The van der Waals surface area contributed by atoms with Crippen molar-refractivity contribution in [3.8, 4) is 5.69 Å². The fourth-order valence-electron chi connectivity index (χ4n) is 2.85. The number of para-hydroxylation sites is 2. The lowest BCUT2D eigenvalue weighted by atomic mass is 10.2. The number of tetrazole rings is 1. The Kier molecular flexibility index (Phi) is 5.01. The Labute approximate surface area is 169 Å². The Hall–Kier alpha value is -2.91. The fourth-order valence-corrected chi connectivity index (χ4v) is 3.85. The average Bonchev–Trinajstić information content (AvgIpc) is 3.15. The summed E-state index contributed by atoms with van der Waals surface area (Å²) in [5.74, 6) is -0.423. The number of rotatable bonds is 4. The zero-order chi connectivity index (χ0) is 19.7. The molecule has 1 aromatic heterocycles. The van der Waals surface area contributed by atoms with Crippen molar-refractivity contribution >= 4 is 46.6 Å². The Bertz CT molecular complexity index is 1040. The number of aromatic nitrogens is 4. The minimum atomic E-state index is -0.504. The van der Waals surface area contributed by atoms with Gasteiger partial charge in [0.2, 0.25) is 17.0 Å². The molecule has 0 saturated carbocycles. The van der Waals surface area contributed by atoms with Gasteiger partial charge in [0.1, 0.15) is 6.54 Å². The molecule has 2 aromatic carbocycles. The molecule has 0 spiro atoms. The third kappa shape index (κ3) is 3.58. The van der Waals surface area contributed by atoms with Crippen LogP contribution in [0.15, 0.2) is 53.7 Å². The zero-order valence-corrected chi connectivity index (χ0v) is 16.3. The molecular formula is C18H15ClN6O2S. The molecular weight excluding hydrogens is 400 g/mol. The van der Waals surface area contributed by atoms with Crippen LogP contribution in [-0.4, -0.2) is 43.8 Å². The van der Waals surface area contributed by atoms with E-state index >= 15 is 0 Å². The first-order chi connectivity index (χ1) is 13.5. The van der Waals surface area contributed by atoms with Gasteiger partial charge in [0.15, 0.2) is 0 Å². The van der Waals surface area contributed by atoms with Crippen LogP contribution in [0.4, 0.5) is 11.4 Å². The largest absolute Gasteiger partial charge is 0.323 e. The molecule has 4 rings (SSSR count). The molecule has 2 heterocycles. The van der Waals surface area contributed by atoms with Crippen LogP contribution >= 0.6 is 23.4 Å². The zero-order valence-electron chi connectivity index (χ0n) is 14.7. The summed E-state index contributed by atoms with van der Waals surface area (Å²) in [5, 5.41) is 15.1. The Morgan fingerprint density at radius 1 is 1.21 bits per heavy atom. The van der Waals surface area contributed by atoms with Gasteiger partial charge in [-0.1, -0.05) is 35.5 Å². The van der Waals surface area contributed by atoms with E-state index in [4.69, 9.17) is 11.6 Å². The van der Waals surface area contributed by atoms with E-state index in [1.165, 1.54) is 16.7 Å².